The van der Waals surface area contributed by atoms with Gasteiger partial charge in [-0.05, 0) is 42.9 Å². The fourth-order valence-electron chi connectivity index (χ4n) is 3.60. The van der Waals surface area contributed by atoms with Gasteiger partial charge in [-0.2, -0.15) is 8.42 Å². The van der Waals surface area contributed by atoms with Crippen LogP contribution in [0.4, 0.5) is 0 Å². The van der Waals surface area contributed by atoms with Gasteiger partial charge in [0.05, 0.1) is 0 Å². The number of benzene rings is 1. The van der Waals surface area contributed by atoms with Crippen LogP contribution < -0.4 is 4.74 Å². The second-order valence-electron chi connectivity index (χ2n) is 8.12. The van der Waals surface area contributed by atoms with Crippen LogP contribution in [0.2, 0.25) is 0 Å². The van der Waals surface area contributed by atoms with Gasteiger partial charge >= 0.3 is 10.1 Å². The molecule has 5 heteroatoms. The average Bonchev–Trinajstić information content (AvgIpc) is 2.68. The van der Waals surface area contributed by atoms with Crippen LogP contribution in [0.25, 0.3) is 0 Å². The highest BCUT2D eigenvalue weighted by molar-refractivity contribution is 7.86. The molecule has 0 amide bonds. The summed E-state index contributed by atoms with van der Waals surface area (Å²) < 4.78 is 38.7. The zero-order valence-corrected chi connectivity index (χ0v) is 19.6. The number of unbranched alkanes of at least 4 members (excludes halogenated alkanes) is 8. The van der Waals surface area contributed by atoms with Crippen molar-refractivity contribution >= 4 is 10.1 Å². The van der Waals surface area contributed by atoms with Crippen molar-refractivity contribution < 1.29 is 17.7 Å². The molecule has 0 saturated carbocycles. The van der Waals surface area contributed by atoms with Crippen molar-refractivity contribution in [3.63, 3.8) is 0 Å². The normalized spacial score (nSPS) is 12.8. The molecule has 0 aromatic heterocycles. The summed E-state index contributed by atoms with van der Waals surface area (Å²) in [5, 5.41) is 0. The van der Waals surface area contributed by atoms with Crippen molar-refractivity contribution in [2.45, 2.75) is 116 Å². The third-order valence-corrected chi connectivity index (χ3v) is 6.35. The van der Waals surface area contributed by atoms with Gasteiger partial charge in [-0.25, -0.2) is 0 Å². The van der Waals surface area contributed by atoms with Crippen LogP contribution in [0.1, 0.15) is 109 Å². The largest absolute Gasteiger partial charge is 0.472 e. The van der Waals surface area contributed by atoms with E-state index in [9.17, 15) is 13.0 Å². The van der Waals surface area contributed by atoms with Crippen molar-refractivity contribution in [3.05, 3.63) is 29.3 Å². The molecule has 0 fully saturated rings. The maximum atomic E-state index is 11.7. The summed E-state index contributed by atoms with van der Waals surface area (Å²) in [6, 6.07) is 6.13. The molecular formula is C24H42O4S. The van der Waals surface area contributed by atoms with Crippen molar-refractivity contribution in [1.29, 1.82) is 0 Å². The highest BCUT2D eigenvalue weighted by Crippen LogP contribution is 2.27. The molecule has 4 nitrogen and oxygen atoms in total. The van der Waals surface area contributed by atoms with Crippen molar-refractivity contribution in [3.8, 4) is 5.75 Å². The zero-order chi connectivity index (χ0) is 21.5. The molecule has 168 valence electrons. The lowest BCUT2D eigenvalue weighted by molar-refractivity contribution is 0.243. The van der Waals surface area contributed by atoms with Crippen molar-refractivity contribution in [2.75, 3.05) is 0 Å². The van der Waals surface area contributed by atoms with E-state index in [0.717, 1.165) is 24.8 Å². The molecule has 0 bridgehead atoms. The Balaban J connectivity index is 2.85. The van der Waals surface area contributed by atoms with Crippen LogP contribution in [0.5, 0.6) is 5.75 Å². The van der Waals surface area contributed by atoms with Gasteiger partial charge in [0.25, 0.3) is 0 Å². The minimum atomic E-state index is -4.23. The first-order chi connectivity index (χ1) is 13.9. The van der Waals surface area contributed by atoms with E-state index in [2.05, 4.69) is 19.9 Å². The maximum absolute atomic E-state index is 11.7. The second kappa shape index (κ2) is 14.8. The third-order valence-electron chi connectivity index (χ3n) is 5.36. The summed E-state index contributed by atoms with van der Waals surface area (Å²) in [4.78, 5) is 0. The molecule has 1 atom stereocenters. The van der Waals surface area contributed by atoms with Gasteiger partial charge in [0.1, 0.15) is 5.75 Å². The molecule has 0 aliphatic rings. The molecule has 1 aromatic rings. The Morgan fingerprint density at radius 1 is 0.828 bits per heavy atom. The van der Waals surface area contributed by atoms with Gasteiger partial charge in [-0.1, -0.05) is 90.7 Å². The first-order valence-electron chi connectivity index (χ1n) is 11.7. The quantitative estimate of drug-likeness (QED) is 0.213. The zero-order valence-electron chi connectivity index (χ0n) is 18.8. The average molecular weight is 427 g/mol. The lowest BCUT2D eigenvalue weighted by Gasteiger charge is -2.19. The smallest absolute Gasteiger partial charge is 0.303 e. The Labute approximate surface area is 179 Å². The molecule has 1 rings (SSSR count). The van der Waals surface area contributed by atoms with E-state index in [-0.39, 0.29) is 6.42 Å². The molecular weight excluding hydrogens is 384 g/mol. The van der Waals surface area contributed by atoms with E-state index in [1.807, 2.05) is 19.1 Å². The van der Waals surface area contributed by atoms with E-state index < -0.39 is 15.6 Å². The molecule has 1 unspecified atom stereocenters. The summed E-state index contributed by atoms with van der Waals surface area (Å²) in [5.41, 5.74) is 1.17. The molecule has 0 aliphatic carbocycles. The molecule has 0 saturated heterocycles. The second-order valence-corrected chi connectivity index (χ2v) is 9.68. The fourth-order valence-corrected chi connectivity index (χ4v) is 4.36. The maximum Gasteiger partial charge on any atom is 0.303 e. The van der Waals surface area contributed by atoms with Crippen LogP contribution in [-0.4, -0.2) is 18.4 Å². The Bertz CT molecular complexity index is 655. The highest BCUT2D eigenvalue weighted by Gasteiger charge is 2.25. The van der Waals surface area contributed by atoms with Crippen LogP contribution >= 0.6 is 0 Å². The molecule has 0 heterocycles. The van der Waals surface area contributed by atoms with E-state index >= 15 is 0 Å². The highest BCUT2D eigenvalue weighted by atomic mass is 32.2. The van der Waals surface area contributed by atoms with Gasteiger partial charge in [0.2, 0.25) is 5.44 Å². The summed E-state index contributed by atoms with van der Waals surface area (Å²) in [6.45, 7) is 6.32. The Morgan fingerprint density at radius 3 is 1.97 bits per heavy atom. The fraction of sp³-hybridized carbons (Fsp3) is 0.750. The summed E-state index contributed by atoms with van der Waals surface area (Å²) >= 11 is 0. The number of hydrogen-bond donors (Lipinski definition) is 1. The Morgan fingerprint density at radius 2 is 1.41 bits per heavy atom. The Hall–Kier alpha value is -1.07. The molecule has 29 heavy (non-hydrogen) atoms. The summed E-state index contributed by atoms with van der Waals surface area (Å²) in [7, 11) is -4.23. The number of hydrogen-bond acceptors (Lipinski definition) is 3. The minimum absolute atomic E-state index is 0.286. The van der Waals surface area contributed by atoms with Crippen LogP contribution in [0.3, 0.4) is 0 Å². The first-order valence-corrected chi connectivity index (χ1v) is 13.2. The molecule has 0 spiro atoms. The topological polar surface area (TPSA) is 63.6 Å². The van der Waals surface area contributed by atoms with E-state index in [1.54, 1.807) is 0 Å². The van der Waals surface area contributed by atoms with Gasteiger partial charge in [-0.3, -0.25) is 4.55 Å². The van der Waals surface area contributed by atoms with Gasteiger partial charge in [0.15, 0.2) is 0 Å². The molecule has 1 aromatic carbocycles. The monoisotopic (exact) mass is 426 g/mol. The lowest BCUT2D eigenvalue weighted by atomic mass is 9.99. The number of rotatable bonds is 17. The molecule has 0 radical (unpaired) electrons. The van der Waals surface area contributed by atoms with Gasteiger partial charge in [0, 0.05) is 6.42 Å². The first kappa shape index (κ1) is 26.0. The Kier molecular flexibility index (Phi) is 13.3. The summed E-state index contributed by atoms with van der Waals surface area (Å²) in [5.74, 6) is 0.603. The molecule has 0 aliphatic heterocycles. The predicted octanol–water partition coefficient (Wildman–Crippen LogP) is 7.11. The number of ether oxygens (including phenoxy) is 1. The summed E-state index contributed by atoms with van der Waals surface area (Å²) in [6.07, 6.45) is 15.0. The number of aryl methyl sites for hydroxylation is 2. The SMILES string of the molecule is CCCCCCCc1ccc(OC(CCC)S(=O)(=O)O)c(CCCCCCC)c1. The van der Waals surface area contributed by atoms with Crippen molar-refractivity contribution in [1.82, 2.24) is 0 Å². The van der Waals surface area contributed by atoms with Gasteiger partial charge in [-0.15, -0.1) is 0 Å². The third kappa shape index (κ3) is 11.0. The predicted molar refractivity (Wildman–Crippen MR) is 122 cm³/mol. The van der Waals surface area contributed by atoms with Crippen molar-refractivity contribution in [2.24, 2.45) is 0 Å². The standard InChI is InChI=1S/C24H42O4S/c1-4-7-9-11-13-16-21-18-19-23(28-24(15-6-3)29(25,26)27)22(20-21)17-14-12-10-8-5-2/h18-20,24H,4-17H2,1-3H3,(H,25,26,27). The van der Waals surface area contributed by atoms with E-state index in [1.165, 1.54) is 63.4 Å². The van der Waals surface area contributed by atoms with E-state index in [4.69, 9.17) is 4.74 Å². The van der Waals surface area contributed by atoms with Gasteiger partial charge < -0.3 is 4.74 Å². The minimum Gasteiger partial charge on any atom is -0.472 e. The molecule has 1 N–H and O–H groups in total. The van der Waals surface area contributed by atoms with Crippen LogP contribution in [-0.2, 0) is 23.0 Å². The van der Waals surface area contributed by atoms with E-state index in [0.29, 0.717) is 12.2 Å². The lowest BCUT2D eigenvalue weighted by Crippen LogP contribution is -2.27. The van der Waals surface area contributed by atoms with Crippen LogP contribution in [0, 0.1) is 0 Å². The van der Waals surface area contributed by atoms with Crippen LogP contribution in [0.15, 0.2) is 18.2 Å².